The van der Waals surface area contributed by atoms with Gasteiger partial charge in [0.05, 0.1) is 0 Å². The van der Waals surface area contributed by atoms with Crippen molar-refractivity contribution < 1.29 is 4.79 Å². The maximum Gasteiger partial charge on any atom is 0.257 e. The second-order valence-electron chi connectivity index (χ2n) is 3.36. The Labute approximate surface area is 107 Å². The quantitative estimate of drug-likeness (QED) is 0.876. The molecule has 0 spiro atoms. The summed E-state index contributed by atoms with van der Waals surface area (Å²) in [4.78, 5) is 11.8. The summed E-state index contributed by atoms with van der Waals surface area (Å²) in [5.74, 6) is -0.263. The lowest BCUT2D eigenvalue weighted by Gasteiger charge is -2.03. The zero-order valence-electron chi connectivity index (χ0n) is 8.90. The Bertz CT molecular complexity index is 569. The van der Waals surface area contributed by atoms with Gasteiger partial charge in [0.2, 0.25) is 10.3 Å². The van der Waals surface area contributed by atoms with E-state index in [-0.39, 0.29) is 5.91 Å². The van der Waals surface area contributed by atoms with Crippen molar-refractivity contribution in [2.24, 2.45) is 0 Å². The molecule has 0 aliphatic rings. The van der Waals surface area contributed by atoms with E-state index >= 15 is 0 Å². The number of benzene rings is 1. The lowest BCUT2D eigenvalue weighted by atomic mass is 10.1. The molecular formula is C10H9ClN4OS. The molecule has 17 heavy (non-hydrogen) atoms. The van der Waals surface area contributed by atoms with Gasteiger partial charge in [0.1, 0.15) is 0 Å². The van der Waals surface area contributed by atoms with Crippen LogP contribution in [0.25, 0.3) is 0 Å². The summed E-state index contributed by atoms with van der Waals surface area (Å²) in [6.07, 6.45) is 0. The number of amides is 1. The van der Waals surface area contributed by atoms with Crippen molar-refractivity contribution in [3.05, 3.63) is 34.3 Å². The summed E-state index contributed by atoms with van der Waals surface area (Å²) in [5, 5.41) is 11.2. The Morgan fingerprint density at radius 3 is 2.82 bits per heavy atom. The smallest absolute Gasteiger partial charge is 0.257 e. The van der Waals surface area contributed by atoms with Crippen molar-refractivity contribution >= 4 is 39.1 Å². The molecule has 7 heteroatoms. The van der Waals surface area contributed by atoms with Crippen molar-refractivity contribution in [1.82, 2.24) is 10.2 Å². The molecule has 1 amide bonds. The largest absolute Gasteiger partial charge is 0.374 e. The molecule has 88 valence electrons. The minimum absolute atomic E-state index is 0.263. The molecule has 0 aliphatic heterocycles. The molecule has 5 nitrogen and oxygen atoms in total. The normalized spacial score (nSPS) is 10.2. The van der Waals surface area contributed by atoms with Crippen LogP contribution >= 0.6 is 22.9 Å². The number of nitrogen functional groups attached to an aromatic ring is 1. The third-order valence-corrected chi connectivity index (χ3v) is 3.17. The fourth-order valence-corrected chi connectivity index (χ4v) is 1.86. The fraction of sp³-hybridized carbons (Fsp3) is 0.100. The van der Waals surface area contributed by atoms with Gasteiger partial charge >= 0.3 is 0 Å². The highest BCUT2D eigenvalue weighted by atomic mass is 35.5. The van der Waals surface area contributed by atoms with Crippen molar-refractivity contribution in [1.29, 1.82) is 0 Å². The average Bonchev–Trinajstić information content (AvgIpc) is 2.68. The minimum Gasteiger partial charge on any atom is -0.374 e. The molecule has 3 N–H and O–H groups in total. The van der Waals surface area contributed by atoms with Crippen LogP contribution in [-0.2, 0) is 0 Å². The zero-order chi connectivity index (χ0) is 12.4. The number of anilines is 2. The highest BCUT2D eigenvalue weighted by Crippen LogP contribution is 2.19. The molecule has 1 heterocycles. The van der Waals surface area contributed by atoms with Gasteiger partial charge in [-0.05, 0) is 30.7 Å². The Morgan fingerprint density at radius 2 is 2.24 bits per heavy atom. The number of aryl methyl sites for hydroxylation is 1. The van der Waals surface area contributed by atoms with Crippen LogP contribution in [0.1, 0.15) is 15.9 Å². The van der Waals surface area contributed by atoms with E-state index in [4.69, 9.17) is 17.3 Å². The van der Waals surface area contributed by atoms with Crippen molar-refractivity contribution in [2.45, 2.75) is 6.92 Å². The first-order valence-corrected chi connectivity index (χ1v) is 5.92. The van der Waals surface area contributed by atoms with Gasteiger partial charge in [-0.1, -0.05) is 22.9 Å². The molecular weight excluding hydrogens is 260 g/mol. The van der Waals surface area contributed by atoms with Gasteiger partial charge in [-0.2, -0.15) is 0 Å². The zero-order valence-corrected chi connectivity index (χ0v) is 10.5. The van der Waals surface area contributed by atoms with E-state index in [1.807, 2.05) is 6.92 Å². The van der Waals surface area contributed by atoms with Crippen LogP contribution in [0.4, 0.5) is 10.3 Å². The van der Waals surface area contributed by atoms with E-state index in [1.165, 1.54) is 0 Å². The molecule has 0 radical (unpaired) electrons. The number of carbonyl (C=O) groups is 1. The highest BCUT2D eigenvalue weighted by Gasteiger charge is 2.10. The summed E-state index contributed by atoms with van der Waals surface area (Å²) in [7, 11) is 0. The standard InChI is InChI=1S/C10H9ClN4OS/c1-5-4-6(2-3-7(5)11)8(16)13-10-15-14-9(12)17-10/h2-4H,1H3,(H2,12,14)(H,13,15,16). The van der Waals surface area contributed by atoms with E-state index in [1.54, 1.807) is 18.2 Å². The summed E-state index contributed by atoms with van der Waals surface area (Å²) in [6.45, 7) is 1.84. The summed E-state index contributed by atoms with van der Waals surface area (Å²) < 4.78 is 0. The average molecular weight is 269 g/mol. The molecule has 0 bridgehead atoms. The number of nitrogens with two attached hydrogens (primary N) is 1. The number of nitrogens with zero attached hydrogens (tertiary/aromatic N) is 2. The van der Waals surface area contributed by atoms with Gasteiger partial charge in [0, 0.05) is 10.6 Å². The predicted molar refractivity (Wildman–Crippen MR) is 68.5 cm³/mol. The number of halogens is 1. The molecule has 1 aromatic heterocycles. The SMILES string of the molecule is Cc1cc(C(=O)Nc2nnc(N)s2)ccc1Cl. The first-order valence-electron chi connectivity index (χ1n) is 4.73. The molecule has 0 saturated carbocycles. The summed E-state index contributed by atoms with van der Waals surface area (Å²) in [6, 6.07) is 5.04. The first kappa shape index (κ1) is 11.8. The molecule has 0 saturated heterocycles. The molecule has 2 rings (SSSR count). The van der Waals surface area contributed by atoms with E-state index in [2.05, 4.69) is 15.5 Å². The number of hydrogen-bond donors (Lipinski definition) is 2. The van der Waals surface area contributed by atoms with Crippen LogP contribution in [0, 0.1) is 6.92 Å². The van der Waals surface area contributed by atoms with E-state index < -0.39 is 0 Å². The van der Waals surface area contributed by atoms with Gasteiger partial charge < -0.3 is 5.73 Å². The molecule has 2 aromatic rings. The first-order chi connectivity index (χ1) is 8.06. The molecule has 0 aliphatic carbocycles. The maximum atomic E-state index is 11.8. The summed E-state index contributed by atoms with van der Waals surface area (Å²) >= 11 is 7.00. The Hall–Kier alpha value is -1.66. The lowest BCUT2D eigenvalue weighted by molar-refractivity contribution is 0.102. The van der Waals surface area contributed by atoms with Gasteiger partial charge in [0.15, 0.2) is 0 Å². The Kier molecular flexibility index (Phi) is 3.26. The van der Waals surface area contributed by atoms with Crippen molar-refractivity contribution in [3.63, 3.8) is 0 Å². The Morgan fingerprint density at radius 1 is 1.47 bits per heavy atom. The highest BCUT2D eigenvalue weighted by molar-refractivity contribution is 7.19. The Balaban J connectivity index is 2.17. The fourth-order valence-electron chi connectivity index (χ4n) is 1.24. The van der Waals surface area contributed by atoms with Crippen LogP contribution in [0.5, 0.6) is 0 Å². The van der Waals surface area contributed by atoms with E-state index in [0.29, 0.717) is 20.8 Å². The number of hydrogen-bond acceptors (Lipinski definition) is 5. The topological polar surface area (TPSA) is 80.9 Å². The summed E-state index contributed by atoms with van der Waals surface area (Å²) in [5.41, 5.74) is 6.77. The maximum absolute atomic E-state index is 11.8. The molecule has 0 atom stereocenters. The van der Waals surface area contributed by atoms with E-state index in [0.717, 1.165) is 16.9 Å². The van der Waals surface area contributed by atoms with Crippen LogP contribution < -0.4 is 11.1 Å². The van der Waals surface area contributed by atoms with Crippen molar-refractivity contribution in [2.75, 3.05) is 11.1 Å². The van der Waals surface area contributed by atoms with Crippen LogP contribution in [0.3, 0.4) is 0 Å². The third kappa shape index (κ3) is 2.72. The van der Waals surface area contributed by atoms with Gasteiger partial charge in [0.25, 0.3) is 5.91 Å². The second kappa shape index (κ2) is 4.68. The van der Waals surface area contributed by atoms with Gasteiger partial charge in [-0.25, -0.2) is 0 Å². The van der Waals surface area contributed by atoms with Crippen LogP contribution in [0.2, 0.25) is 5.02 Å². The van der Waals surface area contributed by atoms with Crippen molar-refractivity contribution in [3.8, 4) is 0 Å². The van der Waals surface area contributed by atoms with E-state index in [9.17, 15) is 4.79 Å². The lowest BCUT2D eigenvalue weighted by Crippen LogP contribution is -2.11. The molecule has 0 unspecified atom stereocenters. The van der Waals surface area contributed by atoms with Gasteiger partial charge in [-0.15, -0.1) is 10.2 Å². The molecule has 0 fully saturated rings. The van der Waals surface area contributed by atoms with Crippen LogP contribution in [-0.4, -0.2) is 16.1 Å². The third-order valence-electron chi connectivity index (χ3n) is 2.08. The number of carbonyl (C=O) groups excluding carboxylic acids is 1. The van der Waals surface area contributed by atoms with Crippen LogP contribution in [0.15, 0.2) is 18.2 Å². The number of rotatable bonds is 2. The predicted octanol–water partition coefficient (Wildman–Crippen LogP) is 2.33. The minimum atomic E-state index is -0.263. The number of nitrogens with one attached hydrogen (secondary N) is 1. The van der Waals surface area contributed by atoms with Gasteiger partial charge in [-0.3, -0.25) is 10.1 Å². The number of aromatic nitrogens is 2. The second-order valence-corrected chi connectivity index (χ2v) is 4.78. The molecule has 1 aromatic carbocycles. The monoisotopic (exact) mass is 268 g/mol.